The van der Waals surface area contributed by atoms with Crippen molar-refractivity contribution in [1.82, 2.24) is 9.80 Å². The highest BCUT2D eigenvalue weighted by Crippen LogP contribution is 2.14. The summed E-state index contributed by atoms with van der Waals surface area (Å²) in [5.74, 6) is 0. The van der Waals surface area contributed by atoms with Gasteiger partial charge in [0.15, 0.2) is 0 Å². The van der Waals surface area contributed by atoms with E-state index in [9.17, 15) is 5.11 Å². The Morgan fingerprint density at radius 1 is 1.38 bits per heavy atom. The lowest BCUT2D eigenvalue weighted by molar-refractivity contribution is 0.117. The number of rotatable bonds is 4. The van der Waals surface area contributed by atoms with Gasteiger partial charge in [0.2, 0.25) is 0 Å². The second kappa shape index (κ2) is 6.38. The summed E-state index contributed by atoms with van der Waals surface area (Å²) < 4.78 is 0. The molecule has 3 heteroatoms. The molecule has 1 fully saturated rings. The molecule has 0 saturated carbocycles. The minimum absolute atomic E-state index is 0.240. The summed E-state index contributed by atoms with van der Waals surface area (Å²) in [7, 11) is 0. The zero-order valence-electron chi connectivity index (χ0n) is 10.9. The molecule has 0 spiro atoms. The maximum atomic E-state index is 9.45. The number of hydrogen-bond acceptors (Lipinski definition) is 3. The fraction of sp³-hybridized carbons (Fsp3) is 0.846. The predicted octanol–water partition coefficient (Wildman–Crippen LogP) is 1.34. The first-order chi connectivity index (χ1) is 7.54. The first kappa shape index (κ1) is 13.7. The monoisotopic (exact) mass is 226 g/mol. The SMILES string of the molecule is C=C[C@H]1CN(C[C@@H](C)O)CCCN1C(C)C. The van der Waals surface area contributed by atoms with Gasteiger partial charge in [0.25, 0.3) is 0 Å². The lowest BCUT2D eigenvalue weighted by Gasteiger charge is -2.32. The fourth-order valence-electron chi connectivity index (χ4n) is 2.49. The standard InChI is InChI=1S/C13H26N2O/c1-5-13-10-14(9-12(4)16)7-6-8-15(13)11(2)3/h5,11-13,16H,1,6-10H2,2-4H3/t12-,13+/m1/s1. The van der Waals surface area contributed by atoms with Gasteiger partial charge >= 0.3 is 0 Å². The molecule has 0 radical (unpaired) electrons. The van der Waals surface area contributed by atoms with E-state index in [1.54, 1.807) is 0 Å². The summed E-state index contributed by atoms with van der Waals surface area (Å²) in [6.45, 7) is 14.2. The Hall–Kier alpha value is -0.380. The van der Waals surface area contributed by atoms with Crippen molar-refractivity contribution in [2.24, 2.45) is 0 Å². The van der Waals surface area contributed by atoms with Crippen molar-refractivity contribution >= 4 is 0 Å². The largest absolute Gasteiger partial charge is 0.392 e. The Labute approximate surface area is 99.7 Å². The molecule has 0 aromatic heterocycles. The molecule has 0 unspecified atom stereocenters. The average Bonchev–Trinajstić information content (AvgIpc) is 2.38. The van der Waals surface area contributed by atoms with E-state index in [-0.39, 0.29) is 6.10 Å². The van der Waals surface area contributed by atoms with E-state index in [1.807, 2.05) is 13.0 Å². The van der Waals surface area contributed by atoms with Crippen molar-refractivity contribution in [3.8, 4) is 0 Å². The van der Waals surface area contributed by atoms with Crippen LogP contribution in [0.1, 0.15) is 27.2 Å². The first-order valence-electron chi connectivity index (χ1n) is 6.33. The summed E-state index contributed by atoms with van der Waals surface area (Å²) >= 11 is 0. The topological polar surface area (TPSA) is 26.7 Å². The first-order valence-corrected chi connectivity index (χ1v) is 6.33. The highest BCUT2D eigenvalue weighted by Gasteiger charge is 2.24. The minimum atomic E-state index is -0.240. The van der Waals surface area contributed by atoms with Crippen molar-refractivity contribution in [1.29, 1.82) is 0 Å². The molecule has 0 amide bonds. The van der Waals surface area contributed by atoms with Gasteiger partial charge in [-0.2, -0.15) is 0 Å². The van der Waals surface area contributed by atoms with Gasteiger partial charge < -0.3 is 5.11 Å². The van der Waals surface area contributed by atoms with E-state index < -0.39 is 0 Å². The molecule has 1 heterocycles. The van der Waals surface area contributed by atoms with Crippen LogP contribution in [-0.2, 0) is 0 Å². The van der Waals surface area contributed by atoms with Crippen LogP contribution in [-0.4, -0.2) is 59.3 Å². The molecule has 1 aliphatic rings. The second-order valence-electron chi connectivity index (χ2n) is 5.10. The van der Waals surface area contributed by atoms with Gasteiger partial charge in [-0.1, -0.05) is 6.08 Å². The van der Waals surface area contributed by atoms with Crippen molar-refractivity contribution in [2.75, 3.05) is 26.2 Å². The van der Waals surface area contributed by atoms with Crippen molar-refractivity contribution in [2.45, 2.75) is 45.4 Å². The summed E-state index contributed by atoms with van der Waals surface area (Å²) in [5, 5.41) is 9.45. The third-order valence-electron chi connectivity index (χ3n) is 3.22. The third kappa shape index (κ3) is 3.89. The zero-order chi connectivity index (χ0) is 12.1. The molecule has 0 bridgehead atoms. The number of aliphatic hydroxyl groups excluding tert-OH is 1. The molecule has 94 valence electrons. The molecule has 3 nitrogen and oxygen atoms in total. The van der Waals surface area contributed by atoms with Crippen molar-refractivity contribution in [3.63, 3.8) is 0 Å². The lowest BCUT2D eigenvalue weighted by atomic mass is 10.2. The van der Waals surface area contributed by atoms with Crippen LogP contribution in [0.15, 0.2) is 12.7 Å². The van der Waals surface area contributed by atoms with Gasteiger partial charge in [0, 0.05) is 31.7 Å². The lowest BCUT2D eigenvalue weighted by Crippen LogP contribution is -2.44. The zero-order valence-corrected chi connectivity index (χ0v) is 10.9. The number of nitrogens with zero attached hydrogens (tertiary/aromatic N) is 2. The molecule has 2 atom stereocenters. The van der Waals surface area contributed by atoms with Gasteiger partial charge in [0.05, 0.1) is 6.10 Å². The van der Waals surface area contributed by atoms with Gasteiger partial charge in [-0.3, -0.25) is 9.80 Å². The van der Waals surface area contributed by atoms with E-state index in [0.717, 1.165) is 26.2 Å². The van der Waals surface area contributed by atoms with Crippen LogP contribution in [0.4, 0.5) is 0 Å². The molecule has 1 aliphatic heterocycles. The van der Waals surface area contributed by atoms with Crippen molar-refractivity contribution < 1.29 is 5.11 Å². The van der Waals surface area contributed by atoms with Crippen molar-refractivity contribution in [3.05, 3.63) is 12.7 Å². The van der Waals surface area contributed by atoms with E-state index in [4.69, 9.17) is 0 Å². The van der Waals surface area contributed by atoms with Crippen LogP contribution >= 0.6 is 0 Å². The molecule has 0 aromatic carbocycles. The summed E-state index contributed by atoms with van der Waals surface area (Å²) in [6, 6.07) is 0.982. The molecular formula is C13H26N2O. The Bertz CT molecular complexity index is 216. The van der Waals surface area contributed by atoms with E-state index in [0.29, 0.717) is 12.1 Å². The molecular weight excluding hydrogens is 200 g/mol. The highest BCUT2D eigenvalue weighted by molar-refractivity contribution is 4.93. The molecule has 16 heavy (non-hydrogen) atoms. The van der Waals surface area contributed by atoms with E-state index in [2.05, 4.69) is 30.2 Å². The Morgan fingerprint density at radius 2 is 2.06 bits per heavy atom. The quantitative estimate of drug-likeness (QED) is 0.733. The second-order valence-corrected chi connectivity index (χ2v) is 5.10. The number of hydrogen-bond donors (Lipinski definition) is 1. The molecule has 1 saturated heterocycles. The molecule has 1 rings (SSSR count). The predicted molar refractivity (Wildman–Crippen MR) is 68.6 cm³/mol. The minimum Gasteiger partial charge on any atom is -0.392 e. The van der Waals surface area contributed by atoms with Crippen LogP contribution in [0.5, 0.6) is 0 Å². The van der Waals surface area contributed by atoms with Crippen LogP contribution in [0.25, 0.3) is 0 Å². The highest BCUT2D eigenvalue weighted by atomic mass is 16.3. The summed E-state index contributed by atoms with van der Waals surface area (Å²) in [5.41, 5.74) is 0. The van der Waals surface area contributed by atoms with Crippen LogP contribution in [0.3, 0.4) is 0 Å². The van der Waals surface area contributed by atoms with Gasteiger partial charge in [-0.15, -0.1) is 6.58 Å². The smallest absolute Gasteiger partial charge is 0.0639 e. The number of aliphatic hydroxyl groups is 1. The maximum absolute atomic E-state index is 9.45. The third-order valence-corrected chi connectivity index (χ3v) is 3.22. The molecule has 0 aliphatic carbocycles. The van der Waals surface area contributed by atoms with Gasteiger partial charge in [-0.25, -0.2) is 0 Å². The van der Waals surface area contributed by atoms with Crippen LogP contribution in [0, 0.1) is 0 Å². The van der Waals surface area contributed by atoms with Crippen LogP contribution in [0.2, 0.25) is 0 Å². The van der Waals surface area contributed by atoms with Crippen LogP contribution < -0.4 is 0 Å². The fourth-order valence-corrected chi connectivity index (χ4v) is 2.49. The summed E-state index contributed by atoms with van der Waals surface area (Å²) in [4.78, 5) is 4.84. The number of β-amino-alcohol motifs (C(OH)–C–C–N with tert-alkyl or cyclic N) is 1. The van der Waals surface area contributed by atoms with Gasteiger partial charge in [-0.05, 0) is 33.7 Å². The Morgan fingerprint density at radius 3 is 2.56 bits per heavy atom. The Kier molecular flexibility index (Phi) is 5.46. The maximum Gasteiger partial charge on any atom is 0.0639 e. The normalized spacial score (nSPS) is 26.7. The average molecular weight is 226 g/mol. The summed E-state index contributed by atoms with van der Waals surface area (Å²) in [6.07, 6.45) is 2.98. The molecule has 0 aromatic rings. The van der Waals surface area contributed by atoms with E-state index >= 15 is 0 Å². The van der Waals surface area contributed by atoms with E-state index in [1.165, 1.54) is 6.42 Å². The molecule has 1 N–H and O–H groups in total. The van der Waals surface area contributed by atoms with Gasteiger partial charge in [0.1, 0.15) is 0 Å². The Balaban J connectivity index is 2.61.